The van der Waals surface area contributed by atoms with Gasteiger partial charge in [-0.2, -0.15) is 0 Å². The second-order valence-electron chi connectivity index (χ2n) is 3.49. The standard InChI is InChI=1S/C13H16OS/c1-11(2)10-12(14)8-9-15-13-6-4-3-5-7-13/h3-9,12,14H,1,10H2,2H3/b9-8+. The number of rotatable bonds is 5. The summed E-state index contributed by atoms with van der Waals surface area (Å²) in [7, 11) is 0. The van der Waals surface area contributed by atoms with Crippen molar-refractivity contribution >= 4 is 11.8 Å². The highest BCUT2D eigenvalue weighted by Gasteiger charge is 1.97. The van der Waals surface area contributed by atoms with Crippen molar-refractivity contribution in [2.45, 2.75) is 24.3 Å². The highest BCUT2D eigenvalue weighted by molar-refractivity contribution is 8.02. The SMILES string of the molecule is C=C(C)CC(O)/C=C/Sc1ccccc1. The second kappa shape index (κ2) is 6.49. The summed E-state index contributed by atoms with van der Waals surface area (Å²) in [6.07, 6.45) is 2.01. The van der Waals surface area contributed by atoms with Gasteiger partial charge in [0.1, 0.15) is 0 Å². The van der Waals surface area contributed by atoms with E-state index < -0.39 is 6.10 Å². The highest BCUT2D eigenvalue weighted by atomic mass is 32.2. The van der Waals surface area contributed by atoms with Gasteiger partial charge >= 0.3 is 0 Å². The molecule has 1 nitrogen and oxygen atoms in total. The Morgan fingerprint density at radius 2 is 2.13 bits per heavy atom. The maximum atomic E-state index is 9.54. The molecule has 0 spiro atoms. The Kier molecular flexibility index (Phi) is 5.22. The van der Waals surface area contributed by atoms with Crippen LogP contribution in [0.5, 0.6) is 0 Å². The Morgan fingerprint density at radius 3 is 2.73 bits per heavy atom. The lowest BCUT2D eigenvalue weighted by molar-refractivity contribution is 0.224. The van der Waals surface area contributed by atoms with Crippen LogP contribution in [0.2, 0.25) is 0 Å². The van der Waals surface area contributed by atoms with Gasteiger partial charge in [0.2, 0.25) is 0 Å². The zero-order valence-electron chi connectivity index (χ0n) is 8.89. The molecule has 0 saturated heterocycles. The lowest BCUT2D eigenvalue weighted by Gasteiger charge is -2.03. The number of aliphatic hydroxyl groups is 1. The summed E-state index contributed by atoms with van der Waals surface area (Å²) in [4.78, 5) is 1.18. The molecular formula is C13H16OS. The largest absolute Gasteiger partial charge is 0.389 e. The van der Waals surface area contributed by atoms with E-state index in [2.05, 4.69) is 6.58 Å². The van der Waals surface area contributed by atoms with Crippen molar-refractivity contribution in [2.75, 3.05) is 0 Å². The molecule has 1 rings (SSSR count). The molecule has 15 heavy (non-hydrogen) atoms. The van der Waals surface area contributed by atoms with Gasteiger partial charge in [0.05, 0.1) is 6.10 Å². The van der Waals surface area contributed by atoms with Gasteiger partial charge in [-0.15, -0.1) is 6.58 Å². The normalized spacial score (nSPS) is 12.9. The minimum absolute atomic E-state index is 0.418. The molecular weight excluding hydrogens is 204 g/mol. The van der Waals surface area contributed by atoms with E-state index in [0.717, 1.165) is 5.57 Å². The minimum atomic E-state index is -0.418. The van der Waals surface area contributed by atoms with E-state index in [1.807, 2.05) is 42.7 Å². The summed E-state index contributed by atoms with van der Waals surface area (Å²) in [5, 5.41) is 11.5. The number of hydrogen-bond donors (Lipinski definition) is 1. The van der Waals surface area contributed by atoms with E-state index in [9.17, 15) is 5.11 Å². The third-order valence-corrected chi connectivity index (χ3v) is 2.64. The molecule has 0 saturated carbocycles. The summed E-state index contributed by atoms with van der Waals surface area (Å²) in [6, 6.07) is 10.1. The summed E-state index contributed by atoms with van der Waals surface area (Å²) in [5.41, 5.74) is 0.997. The molecule has 0 bridgehead atoms. The van der Waals surface area contributed by atoms with Crippen LogP contribution in [-0.2, 0) is 0 Å². The zero-order valence-corrected chi connectivity index (χ0v) is 9.70. The molecule has 1 atom stereocenters. The monoisotopic (exact) mass is 220 g/mol. The predicted octanol–water partition coefficient (Wildman–Crippen LogP) is 3.62. The van der Waals surface area contributed by atoms with Crippen LogP contribution in [0.4, 0.5) is 0 Å². The van der Waals surface area contributed by atoms with Gasteiger partial charge in [-0.1, -0.05) is 35.5 Å². The second-order valence-corrected chi connectivity index (χ2v) is 4.47. The molecule has 0 radical (unpaired) electrons. The van der Waals surface area contributed by atoms with Crippen LogP contribution < -0.4 is 0 Å². The molecule has 0 aliphatic carbocycles. The van der Waals surface area contributed by atoms with Gasteiger partial charge in [0.15, 0.2) is 0 Å². The Balaban J connectivity index is 2.36. The van der Waals surface area contributed by atoms with Gasteiger partial charge < -0.3 is 5.11 Å². The van der Waals surface area contributed by atoms with E-state index in [1.165, 1.54) is 4.90 Å². The van der Waals surface area contributed by atoms with Gasteiger partial charge in [-0.25, -0.2) is 0 Å². The highest BCUT2D eigenvalue weighted by Crippen LogP contribution is 2.18. The van der Waals surface area contributed by atoms with Crippen LogP contribution in [0.3, 0.4) is 0 Å². The van der Waals surface area contributed by atoms with Crippen LogP contribution >= 0.6 is 11.8 Å². The van der Waals surface area contributed by atoms with Crippen molar-refractivity contribution in [3.8, 4) is 0 Å². The first-order valence-corrected chi connectivity index (χ1v) is 5.77. The van der Waals surface area contributed by atoms with E-state index in [4.69, 9.17) is 0 Å². The van der Waals surface area contributed by atoms with Crippen LogP contribution in [0.1, 0.15) is 13.3 Å². The maximum Gasteiger partial charge on any atom is 0.0765 e. The zero-order chi connectivity index (χ0) is 11.1. The van der Waals surface area contributed by atoms with Crippen molar-refractivity contribution in [3.63, 3.8) is 0 Å². The van der Waals surface area contributed by atoms with Gasteiger partial charge in [-0.3, -0.25) is 0 Å². The third-order valence-electron chi connectivity index (χ3n) is 1.81. The number of aliphatic hydroxyl groups excluding tert-OH is 1. The fourth-order valence-electron chi connectivity index (χ4n) is 1.13. The molecule has 2 heteroatoms. The molecule has 0 aromatic heterocycles. The van der Waals surface area contributed by atoms with Gasteiger partial charge in [-0.05, 0) is 37.0 Å². The molecule has 0 aliphatic heterocycles. The summed E-state index contributed by atoms with van der Waals surface area (Å²) < 4.78 is 0. The van der Waals surface area contributed by atoms with Crippen molar-refractivity contribution in [1.82, 2.24) is 0 Å². The Labute approximate surface area is 95.5 Å². The quantitative estimate of drug-likeness (QED) is 0.604. The van der Waals surface area contributed by atoms with Crippen LogP contribution in [0.25, 0.3) is 0 Å². The molecule has 0 aliphatic rings. The topological polar surface area (TPSA) is 20.2 Å². The van der Waals surface area contributed by atoms with Crippen molar-refractivity contribution in [3.05, 3.63) is 54.0 Å². The summed E-state index contributed by atoms with van der Waals surface area (Å²) in [6.45, 7) is 5.68. The average molecular weight is 220 g/mol. The van der Waals surface area contributed by atoms with Gasteiger partial charge in [0.25, 0.3) is 0 Å². The number of hydrogen-bond acceptors (Lipinski definition) is 2. The summed E-state index contributed by atoms with van der Waals surface area (Å²) >= 11 is 1.61. The fraction of sp³-hybridized carbons (Fsp3) is 0.231. The number of thioether (sulfide) groups is 1. The smallest absolute Gasteiger partial charge is 0.0765 e. The fourth-order valence-corrected chi connectivity index (χ4v) is 1.86. The average Bonchev–Trinajstić information content (AvgIpc) is 2.18. The van der Waals surface area contributed by atoms with E-state index in [1.54, 1.807) is 17.8 Å². The molecule has 0 fully saturated rings. The van der Waals surface area contributed by atoms with Crippen molar-refractivity contribution in [2.24, 2.45) is 0 Å². The molecule has 0 amide bonds. The molecule has 1 N–H and O–H groups in total. The van der Waals surface area contributed by atoms with E-state index in [0.29, 0.717) is 6.42 Å². The molecule has 1 aromatic carbocycles. The van der Waals surface area contributed by atoms with E-state index in [-0.39, 0.29) is 0 Å². The third kappa shape index (κ3) is 5.45. The first-order chi connectivity index (χ1) is 7.18. The maximum absolute atomic E-state index is 9.54. The predicted molar refractivity (Wildman–Crippen MR) is 66.9 cm³/mol. The first kappa shape index (κ1) is 12.1. The van der Waals surface area contributed by atoms with Crippen molar-refractivity contribution in [1.29, 1.82) is 0 Å². The molecule has 1 unspecified atom stereocenters. The lowest BCUT2D eigenvalue weighted by atomic mass is 10.1. The lowest BCUT2D eigenvalue weighted by Crippen LogP contribution is -2.01. The first-order valence-electron chi connectivity index (χ1n) is 4.89. The van der Waals surface area contributed by atoms with Crippen LogP contribution in [0, 0.1) is 0 Å². The van der Waals surface area contributed by atoms with Crippen LogP contribution in [0.15, 0.2) is 58.9 Å². The Bertz CT molecular complexity index is 330. The summed E-state index contributed by atoms with van der Waals surface area (Å²) in [5.74, 6) is 0. The van der Waals surface area contributed by atoms with E-state index >= 15 is 0 Å². The Hall–Kier alpha value is -0.990. The van der Waals surface area contributed by atoms with Crippen LogP contribution in [-0.4, -0.2) is 11.2 Å². The molecule has 1 aromatic rings. The molecule has 0 heterocycles. The minimum Gasteiger partial charge on any atom is -0.389 e. The van der Waals surface area contributed by atoms with Crippen molar-refractivity contribution < 1.29 is 5.11 Å². The molecule has 80 valence electrons. The Morgan fingerprint density at radius 1 is 1.47 bits per heavy atom. The number of benzene rings is 1. The van der Waals surface area contributed by atoms with Gasteiger partial charge in [0, 0.05) is 4.90 Å².